The first-order valence-electron chi connectivity index (χ1n) is 13.0. The van der Waals surface area contributed by atoms with Crippen molar-refractivity contribution in [3.63, 3.8) is 0 Å². The highest BCUT2D eigenvalue weighted by Gasteiger charge is 2.45. The van der Waals surface area contributed by atoms with Crippen LogP contribution in [0.25, 0.3) is 0 Å². The highest BCUT2D eigenvalue weighted by Crippen LogP contribution is 2.32. The number of hydrogen-bond donors (Lipinski definition) is 1. The summed E-state index contributed by atoms with van der Waals surface area (Å²) in [4.78, 5) is 43.5. The number of piperazine rings is 1. The van der Waals surface area contributed by atoms with Crippen molar-refractivity contribution < 1.29 is 19.1 Å². The Hall–Kier alpha value is -3.19. The van der Waals surface area contributed by atoms with Crippen LogP contribution in [0.3, 0.4) is 0 Å². The molecular formula is C29H35N3O4. The summed E-state index contributed by atoms with van der Waals surface area (Å²) in [5.41, 5.74) is 4.07. The van der Waals surface area contributed by atoms with E-state index in [4.69, 9.17) is 4.74 Å². The second kappa shape index (κ2) is 10.4. The maximum absolute atomic E-state index is 13.8. The highest BCUT2D eigenvalue weighted by molar-refractivity contribution is 5.97. The van der Waals surface area contributed by atoms with Gasteiger partial charge in [-0.1, -0.05) is 50.2 Å². The van der Waals surface area contributed by atoms with Gasteiger partial charge in [-0.15, -0.1) is 0 Å². The number of carbonyl (C=O) groups excluding carboxylic acids is 3. The molecule has 0 unspecified atom stereocenters. The Balaban J connectivity index is 1.33. The lowest BCUT2D eigenvalue weighted by Crippen LogP contribution is -2.65. The number of ether oxygens (including phenoxy) is 1. The number of nitrogens with one attached hydrogen (secondary N) is 1. The summed E-state index contributed by atoms with van der Waals surface area (Å²) in [7, 11) is 0. The summed E-state index contributed by atoms with van der Waals surface area (Å²) >= 11 is 0. The summed E-state index contributed by atoms with van der Waals surface area (Å²) in [6.07, 6.45) is 2.21. The molecule has 0 radical (unpaired) electrons. The lowest BCUT2D eigenvalue weighted by molar-refractivity contribution is -0.152. The minimum Gasteiger partial charge on any atom is -0.378 e. The Morgan fingerprint density at radius 3 is 2.25 bits per heavy atom. The maximum atomic E-state index is 13.8. The number of nitrogens with zero attached hydrogens (tertiary/aromatic N) is 2. The molecule has 190 valence electrons. The number of morpholine rings is 1. The van der Waals surface area contributed by atoms with Gasteiger partial charge >= 0.3 is 0 Å². The molecule has 5 rings (SSSR count). The molecule has 7 heteroatoms. The van der Waals surface area contributed by atoms with E-state index in [0.717, 1.165) is 18.4 Å². The van der Waals surface area contributed by atoms with E-state index in [-0.39, 0.29) is 29.6 Å². The summed E-state index contributed by atoms with van der Waals surface area (Å²) in [5, 5.41) is 3.08. The molecule has 0 bridgehead atoms. The quantitative estimate of drug-likeness (QED) is 0.677. The fraction of sp³-hybridized carbons (Fsp3) is 0.483. The van der Waals surface area contributed by atoms with E-state index in [1.807, 2.05) is 36.4 Å². The van der Waals surface area contributed by atoms with Crippen molar-refractivity contribution in [1.29, 1.82) is 0 Å². The van der Waals surface area contributed by atoms with E-state index in [2.05, 4.69) is 31.3 Å². The monoisotopic (exact) mass is 489 g/mol. The molecule has 2 aromatic carbocycles. The molecule has 36 heavy (non-hydrogen) atoms. The van der Waals surface area contributed by atoms with Crippen molar-refractivity contribution in [3.8, 4) is 0 Å². The van der Waals surface area contributed by atoms with Crippen LogP contribution in [0.5, 0.6) is 0 Å². The molecule has 0 spiro atoms. The van der Waals surface area contributed by atoms with E-state index in [0.29, 0.717) is 44.8 Å². The summed E-state index contributed by atoms with van der Waals surface area (Å²) in [6, 6.07) is 14.7. The third-order valence-electron chi connectivity index (χ3n) is 7.63. The first-order chi connectivity index (χ1) is 17.4. The Bertz CT molecular complexity index is 1100. The van der Waals surface area contributed by atoms with Gasteiger partial charge in [-0.3, -0.25) is 14.4 Å². The number of fused-ring (bicyclic) bond motifs is 1. The van der Waals surface area contributed by atoms with Gasteiger partial charge < -0.3 is 19.9 Å². The lowest BCUT2D eigenvalue weighted by Gasteiger charge is -2.41. The van der Waals surface area contributed by atoms with Gasteiger partial charge in [0.1, 0.15) is 12.1 Å². The van der Waals surface area contributed by atoms with E-state index in [1.54, 1.807) is 9.80 Å². The molecule has 2 aromatic rings. The van der Waals surface area contributed by atoms with Gasteiger partial charge in [0.05, 0.1) is 13.2 Å². The molecule has 2 saturated heterocycles. The van der Waals surface area contributed by atoms with Gasteiger partial charge in [0.15, 0.2) is 0 Å². The SMILES string of the molecule is CC(C)C[C@@H]1C(=O)N[C@H](C2Cc3ccccc3C2)C(=O)N1Cc1ccc(C(=O)N2CCOCC2)cc1. The average molecular weight is 490 g/mol. The van der Waals surface area contributed by atoms with E-state index in [1.165, 1.54) is 11.1 Å². The zero-order valence-corrected chi connectivity index (χ0v) is 21.1. The largest absolute Gasteiger partial charge is 0.378 e. The second-order valence-corrected chi connectivity index (χ2v) is 10.6. The maximum Gasteiger partial charge on any atom is 0.254 e. The van der Waals surface area contributed by atoms with Gasteiger partial charge in [-0.05, 0) is 59.9 Å². The van der Waals surface area contributed by atoms with Gasteiger partial charge in [0, 0.05) is 25.2 Å². The third kappa shape index (κ3) is 5.03. The fourth-order valence-corrected chi connectivity index (χ4v) is 5.70. The van der Waals surface area contributed by atoms with Crippen molar-refractivity contribution in [2.45, 2.75) is 51.7 Å². The molecule has 2 heterocycles. The molecule has 1 N–H and O–H groups in total. The topological polar surface area (TPSA) is 79.0 Å². The second-order valence-electron chi connectivity index (χ2n) is 10.6. The molecule has 3 aliphatic rings. The Morgan fingerprint density at radius 2 is 1.64 bits per heavy atom. The third-order valence-corrected chi connectivity index (χ3v) is 7.63. The Morgan fingerprint density at radius 1 is 1.00 bits per heavy atom. The number of rotatable bonds is 6. The van der Waals surface area contributed by atoms with Crippen molar-refractivity contribution in [2.75, 3.05) is 26.3 Å². The van der Waals surface area contributed by atoms with E-state index in [9.17, 15) is 14.4 Å². The van der Waals surface area contributed by atoms with Crippen molar-refractivity contribution in [3.05, 3.63) is 70.8 Å². The zero-order valence-electron chi connectivity index (χ0n) is 21.1. The lowest BCUT2D eigenvalue weighted by atomic mass is 9.90. The van der Waals surface area contributed by atoms with Crippen molar-refractivity contribution >= 4 is 17.7 Å². The summed E-state index contributed by atoms with van der Waals surface area (Å²) in [6.45, 7) is 6.82. The van der Waals surface area contributed by atoms with E-state index >= 15 is 0 Å². The number of amides is 3. The van der Waals surface area contributed by atoms with Crippen LogP contribution in [0.2, 0.25) is 0 Å². The molecule has 7 nitrogen and oxygen atoms in total. The van der Waals surface area contributed by atoms with Crippen LogP contribution in [-0.4, -0.2) is 65.9 Å². The number of carbonyl (C=O) groups is 3. The first kappa shape index (κ1) is 24.5. The number of hydrogen-bond acceptors (Lipinski definition) is 4. The fourth-order valence-electron chi connectivity index (χ4n) is 5.70. The van der Waals surface area contributed by atoms with E-state index < -0.39 is 12.1 Å². The molecule has 0 aromatic heterocycles. The summed E-state index contributed by atoms with van der Waals surface area (Å²) in [5.74, 6) is 0.262. The predicted molar refractivity (Wildman–Crippen MR) is 136 cm³/mol. The minimum absolute atomic E-state index is 0.00294. The molecule has 3 amide bonds. The number of benzene rings is 2. The van der Waals surface area contributed by atoms with Crippen molar-refractivity contribution in [2.24, 2.45) is 11.8 Å². The smallest absolute Gasteiger partial charge is 0.254 e. The zero-order chi connectivity index (χ0) is 25.2. The van der Waals surface area contributed by atoms with Gasteiger partial charge in [-0.2, -0.15) is 0 Å². The summed E-state index contributed by atoms with van der Waals surface area (Å²) < 4.78 is 5.35. The molecule has 1 aliphatic carbocycles. The van der Waals surface area contributed by atoms with Gasteiger partial charge in [-0.25, -0.2) is 0 Å². The molecule has 2 fully saturated rings. The first-order valence-corrected chi connectivity index (χ1v) is 13.0. The molecule has 2 atom stereocenters. The Kier molecular flexibility index (Phi) is 7.10. The van der Waals surface area contributed by atoms with Crippen molar-refractivity contribution in [1.82, 2.24) is 15.1 Å². The van der Waals surface area contributed by atoms with Crippen LogP contribution in [0.4, 0.5) is 0 Å². The van der Waals surface area contributed by atoms with Crippen LogP contribution in [0.1, 0.15) is 47.3 Å². The molecular weight excluding hydrogens is 454 g/mol. The normalized spacial score (nSPS) is 22.6. The van der Waals surface area contributed by atoms with Crippen LogP contribution in [-0.2, 0) is 33.7 Å². The minimum atomic E-state index is -0.518. The average Bonchev–Trinajstić information content (AvgIpc) is 3.32. The Labute approximate surface area is 212 Å². The highest BCUT2D eigenvalue weighted by atomic mass is 16.5. The van der Waals surface area contributed by atoms with Crippen LogP contribution in [0.15, 0.2) is 48.5 Å². The molecule has 0 saturated carbocycles. The molecule has 2 aliphatic heterocycles. The van der Waals surface area contributed by atoms with Gasteiger partial charge in [0.25, 0.3) is 5.91 Å². The van der Waals surface area contributed by atoms with Gasteiger partial charge in [0.2, 0.25) is 11.8 Å². The standard InChI is InChI=1S/C29H35N3O4/c1-19(2)15-25-27(33)30-26(24-16-22-5-3-4-6-23(22)17-24)29(35)32(25)18-20-7-9-21(10-8-20)28(34)31-11-13-36-14-12-31/h3-10,19,24-26H,11-18H2,1-2H3,(H,30,33)/t25-,26-/m1/s1. The van der Waals surface area contributed by atoms with Crippen LogP contribution in [0, 0.1) is 11.8 Å². The van der Waals surface area contributed by atoms with Crippen LogP contribution < -0.4 is 5.32 Å². The predicted octanol–water partition coefficient (Wildman–Crippen LogP) is 2.82. The van der Waals surface area contributed by atoms with Crippen LogP contribution >= 0.6 is 0 Å².